The van der Waals surface area contributed by atoms with Crippen LogP contribution in [0.3, 0.4) is 0 Å². The van der Waals surface area contributed by atoms with Gasteiger partial charge in [-0.05, 0) is 54.8 Å². The zero-order valence-corrected chi connectivity index (χ0v) is 19.6. The minimum atomic E-state index is -3.26. The summed E-state index contributed by atoms with van der Waals surface area (Å²) in [4.78, 5) is 11.4. The lowest BCUT2D eigenvalue weighted by Gasteiger charge is -2.28. The van der Waals surface area contributed by atoms with Crippen molar-refractivity contribution in [3.63, 3.8) is 0 Å². The van der Waals surface area contributed by atoms with Gasteiger partial charge in [-0.2, -0.15) is 4.31 Å². The molecule has 0 unspecified atom stereocenters. The van der Waals surface area contributed by atoms with Gasteiger partial charge in [0, 0.05) is 37.2 Å². The Hall–Kier alpha value is -2.95. The van der Waals surface area contributed by atoms with Crippen LogP contribution in [0, 0.1) is 6.92 Å². The highest BCUT2D eigenvalue weighted by molar-refractivity contribution is 7.88. The predicted molar refractivity (Wildman–Crippen MR) is 126 cm³/mol. The van der Waals surface area contributed by atoms with Gasteiger partial charge in [-0.25, -0.2) is 18.4 Å². The van der Waals surface area contributed by atoms with Crippen molar-refractivity contribution in [2.24, 2.45) is 0 Å². The molecule has 0 amide bonds. The van der Waals surface area contributed by atoms with Crippen molar-refractivity contribution in [2.45, 2.75) is 19.9 Å². The number of hydrogen-bond donors (Lipinski definition) is 1. The van der Waals surface area contributed by atoms with Crippen LogP contribution in [-0.2, 0) is 27.7 Å². The first-order valence-electron chi connectivity index (χ1n) is 11.0. The van der Waals surface area contributed by atoms with E-state index >= 15 is 0 Å². The first-order valence-corrected chi connectivity index (χ1v) is 12.8. The predicted octanol–water partition coefficient (Wildman–Crippen LogP) is 2.94. The Morgan fingerprint density at radius 3 is 2.58 bits per heavy atom. The van der Waals surface area contributed by atoms with E-state index in [9.17, 15) is 8.42 Å². The van der Waals surface area contributed by atoms with Crippen molar-refractivity contribution >= 4 is 27.3 Å². The molecule has 2 aliphatic rings. The highest BCUT2D eigenvalue weighted by atomic mass is 32.2. The number of anilines is 3. The molecular weight excluding hydrogens is 442 g/mol. The molecule has 9 nitrogen and oxygen atoms in total. The third-order valence-electron chi connectivity index (χ3n) is 6.02. The second-order valence-corrected chi connectivity index (χ2v) is 10.4. The second-order valence-electron chi connectivity index (χ2n) is 8.40. The van der Waals surface area contributed by atoms with Gasteiger partial charge in [-0.15, -0.1) is 0 Å². The van der Waals surface area contributed by atoms with Crippen LogP contribution in [0.2, 0.25) is 0 Å². The largest absolute Gasteiger partial charge is 0.458 e. The van der Waals surface area contributed by atoms with E-state index in [2.05, 4.69) is 32.3 Å². The number of nitrogens with zero attached hydrogens (tertiary/aromatic N) is 4. The van der Waals surface area contributed by atoms with Crippen LogP contribution >= 0.6 is 0 Å². The van der Waals surface area contributed by atoms with Gasteiger partial charge in [0.1, 0.15) is 11.5 Å². The SMILES string of the molecule is Cc1cnc(Nc2ccc(N3CCOCC3)cc2)nc1-c1cc2c(o1)CN(S(C)(=O)=O)CC2. The number of sulfonamides is 1. The van der Waals surface area contributed by atoms with Gasteiger partial charge < -0.3 is 19.4 Å². The number of morpholine rings is 1. The highest BCUT2D eigenvalue weighted by Gasteiger charge is 2.27. The molecular formula is C23H27N5O4S. The van der Waals surface area contributed by atoms with Gasteiger partial charge in [-0.3, -0.25) is 0 Å². The molecule has 0 atom stereocenters. The Kier molecular flexibility index (Phi) is 5.81. The summed E-state index contributed by atoms with van der Waals surface area (Å²) in [6.07, 6.45) is 3.61. The molecule has 0 saturated carbocycles. The summed E-state index contributed by atoms with van der Waals surface area (Å²) in [6.45, 7) is 5.93. The summed E-state index contributed by atoms with van der Waals surface area (Å²) in [7, 11) is -3.26. The van der Waals surface area contributed by atoms with E-state index in [1.165, 1.54) is 16.2 Å². The maximum Gasteiger partial charge on any atom is 0.227 e. The van der Waals surface area contributed by atoms with Crippen LogP contribution in [0.5, 0.6) is 0 Å². The van der Waals surface area contributed by atoms with Gasteiger partial charge in [0.25, 0.3) is 0 Å². The van der Waals surface area contributed by atoms with E-state index in [4.69, 9.17) is 9.15 Å². The highest BCUT2D eigenvalue weighted by Crippen LogP contribution is 2.31. The van der Waals surface area contributed by atoms with E-state index in [-0.39, 0.29) is 6.54 Å². The summed E-state index contributed by atoms with van der Waals surface area (Å²) in [5.74, 6) is 1.77. The fourth-order valence-corrected chi connectivity index (χ4v) is 4.93. The first kappa shape index (κ1) is 21.9. The van der Waals surface area contributed by atoms with E-state index in [1.807, 2.05) is 25.1 Å². The lowest BCUT2D eigenvalue weighted by atomic mass is 10.1. The lowest BCUT2D eigenvalue weighted by Crippen LogP contribution is -2.36. The summed E-state index contributed by atoms with van der Waals surface area (Å²) in [5.41, 5.74) is 4.66. The normalized spacial score (nSPS) is 17.1. The lowest BCUT2D eigenvalue weighted by molar-refractivity contribution is 0.122. The first-order chi connectivity index (χ1) is 15.9. The van der Waals surface area contributed by atoms with E-state index in [0.29, 0.717) is 36.1 Å². The second kappa shape index (κ2) is 8.77. The maximum absolute atomic E-state index is 11.9. The molecule has 5 rings (SSSR count). The molecule has 10 heteroatoms. The monoisotopic (exact) mass is 469 g/mol. The number of benzene rings is 1. The number of fused-ring (bicyclic) bond motifs is 1. The number of nitrogens with one attached hydrogen (secondary N) is 1. The Labute approximate surface area is 193 Å². The number of hydrogen-bond acceptors (Lipinski definition) is 8. The van der Waals surface area contributed by atoms with Crippen molar-refractivity contribution in [3.8, 4) is 11.5 Å². The average molecular weight is 470 g/mol. The zero-order chi connectivity index (χ0) is 23.0. The molecule has 2 aliphatic heterocycles. The molecule has 174 valence electrons. The number of rotatable bonds is 5. The summed E-state index contributed by atoms with van der Waals surface area (Å²) in [5, 5.41) is 3.27. The molecule has 2 aromatic heterocycles. The fourth-order valence-electron chi connectivity index (χ4n) is 4.15. The van der Waals surface area contributed by atoms with E-state index in [1.54, 1.807) is 6.20 Å². The Bertz CT molecular complexity index is 1250. The van der Waals surface area contributed by atoms with Gasteiger partial charge in [0.2, 0.25) is 16.0 Å². The maximum atomic E-state index is 11.9. The third kappa shape index (κ3) is 4.73. The van der Waals surface area contributed by atoms with Crippen molar-refractivity contribution < 1.29 is 17.6 Å². The minimum absolute atomic E-state index is 0.249. The quantitative estimate of drug-likeness (QED) is 0.609. The van der Waals surface area contributed by atoms with Gasteiger partial charge in [0.05, 0.1) is 26.0 Å². The van der Waals surface area contributed by atoms with Crippen LogP contribution in [0.4, 0.5) is 17.3 Å². The number of aromatic nitrogens is 2. The molecule has 1 aromatic carbocycles. The number of furan rings is 1. The molecule has 0 bridgehead atoms. The molecule has 1 fully saturated rings. The smallest absolute Gasteiger partial charge is 0.227 e. The molecule has 3 aromatic rings. The van der Waals surface area contributed by atoms with E-state index < -0.39 is 10.0 Å². The molecule has 0 spiro atoms. The van der Waals surface area contributed by atoms with Crippen LogP contribution in [0.15, 0.2) is 40.9 Å². The Morgan fingerprint density at radius 2 is 1.85 bits per heavy atom. The molecule has 4 heterocycles. The van der Waals surface area contributed by atoms with Crippen molar-refractivity contribution in [3.05, 3.63) is 53.4 Å². The van der Waals surface area contributed by atoms with Crippen LogP contribution in [0.1, 0.15) is 16.9 Å². The standard InChI is InChI=1S/C23H27N5O4S/c1-16-14-24-23(25-18-3-5-19(6-4-18)27-9-11-31-12-10-27)26-22(16)20-13-17-7-8-28(33(2,29)30)15-21(17)32-20/h3-6,13-14H,7-12,15H2,1-2H3,(H,24,25,26). The topological polar surface area (TPSA) is 101 Å². The molecule has 0 radical (unpaired) electrons. The number of ether oxygens (including phenoxy) is 1. The molecule has 1 saturated heterocycles. The minimum Gasteiger partial charge on any atom is -0.458 e. The van der Waals surface area contributed by atoms with Crippen molar-refractivity contribution in [1.29, 1.82) is 0 Å². The molecule has 33 heavy (non-hydrogen) atoms. The van der Waals surface area contributed by atoms with Crippen molar-refractivity contribution in [2.75, 3.05) is 49.3 Å². The molecule has 0 aliphatic carbocycles. The summed E-state index contributed by atoms with van der Waals surface area (Å²) >= 11 is 0. The Balaban J connectivity index is 1.34. The number of aryl methyl sites for hydroxylation is 1. The van der Waals surface area contributed by atoms with Crippen LogP contribution in [-0.4, -0.2) is 61.8 Å². The summed E-state index contributed by atoms with van der Waals surface area (Å²) < 4.78 is 36.7. The van der Waals surface area contributed by atoms with Gasteiger partial charge in [0.15, 0.2) is 5.76 Å². The van der Waals surface area contributed by atoms with Gasteiger partial charge >= 0.3 is 0 Å². The fraction of sp³-hybridized carbons (Fsp3) is 0.391. The van der Waals surface area contributed by atoms with Crippen molar-refractivity contribution in [1.82, 2.24) is 14.3 Å². The van der Waals surface area contributed by atoms with E-state index in [0.717, 1.165) is 43.1 Å². The summed E-state index contributed by atoms with van der Waals surface area (Å²) in [6, 6.07) is 10.1. The average Bonchev–Trinajstić information content (AvgIpc) is 3.24. The zero-order valence-electron chi connectivity index (χ0n) is 18.7. The van der Waals surface area contributed by atoms with Gasteiger partial charge in [-0.1, -0.05) is 0 Å². The Morgan fingerprint density at radius 1 is 1.09 bits per heavy atom. The molecule has 1 N–H and O–H groups in total. The van der Waals surface area contributed by atoms with Crippen LogP contribution in [0.25, 0.3) is 11.5 Å². The van der Waals surface area contributed by atoms with Crippen LogP contribution < -0.4 is 10.2 Å². The third-order valence-corrected chi connectivity index (χ3v) is 7.27.